The second-order valence-corrected chi connectivity index (χ2v) is 4.44. The van der Waals surface area contributed by atoms with Crippen LogP contribution in [0.2, 0.25) is 0 Å². The third-order valence-electron chi connectivity index (χ3n) is 1.84. The number of hydrogen-bond donors (Lipinski definition) is 0. The number of nitrogens with zero attached hydrogens (tertiary/aromatic N) is 1. The highest BCUT2D eigenvalue weighted by Gasteiger charge is 2.03. The standard InChI is InChI=1S/C13H21NO2S/c1-4-7-10-16-13(15)8-11-17-12(6-3)14-9-5-2/h5-6,9H,3-4,7-8,10-11H2,1-2H3/b9-5-,14-12+. The maximum Gasteiger partial charge on any atom is 0.306 e. The van der Waals surface area contributed by atoms with Crippen molar-refractivity contribution in [2.45, 2.75) is 33.1 Å². The van der Waals surface area contributed by atoms with Crippen LogP contribution >= 0.6 is 11.8 Å². The third kappa shape index (κ3) is 9.87. The molecule has 0 fully saturated rings. The van der Waals surface area contributed by atoms with Gasteiger partial charge in [0.15, 0.2) is 0 Å². The lowest BCUT2D eigenvalue weighted by molar-refractivity contribution is -0.143. The molecule has 96 valence electrons. The first kappa shape index (κ1) is 16.0. The van der Waals surface area contributed by atoms with E-state index in [1.807, 2.05) is 13.0 Å². The fourth-order valence-corrected chi connectivity index (χ4v) is 1.67. The Balaban J connectivity index is 3.73. The van der Waals surface area contributed by atoms with Gasteiger partial charge in [0.05, 0.1) is 18.1 Å². The first-order chi connectivity index (χ1) is 8.24. The Kier molecular flexibility index (Phi) is 10.8. The van der Waals surface area contributed by atoms with Crippen LogP contribution < -0.4 is 0 Å². The molecule has 0 aliphatic heterocycles. The lowest BCUT2D eigenvalue weighted by Crippen LogP contribution is -2.07. The van der Waals surface area contributed by atoms with Gasteiger partial charge in [-0.2, -0.15) is 0 Å². The molecular formula is C13H21NO2S. The maximum absolute atomic E-state index is 11.3. The van der Waals surface area contributed by atoms with E-state index >= 15 is 0 Å². The Morgan fingerprint density at radius 3 is 2.88 bits per heavy atom. The summed E-state index contributed by atoms with van der Waals surface area (Å²) in [7, 11) is 0. The molecule has 17 heavy (non-hydrogen) atoms. The average Bonchev–Trinajstić information content (AvgIpc) is 2.34. The molecular weight excluding hydrogens is 234 g/mol. The van der Waals surface area contributed by atoms with Crippen LogP contribution in [0.1, 0.15) is 33.1 Å². The topological polar surface area (TPSA) is 38.7 Å². The van der Waals surface area contributed by atoms with E-state index in [4.69, 9.17) is 4.74 Å². The molecule has 0 bridgehead atoms. The minimum atomic E-state index is -0.139. The second kappa shape index (κ2) is 11.5. The minimum Gasteiger partial charge on any atom is -0.466 e. The van der Waals surface area contributed by atoms with Crippen LogP contribution in [0.3, 0.4) is 0 Å². The van der Waals surface area contributed by atoms with E-state index in [1.54, 1.807) is 12.3 Å². The van der Waals surface area contributed by atoms with Crippen molar-refractivity contribution in [2.75, 3.05) is 12.4 Å². The third-order valence-corrected chi connectivity index (χ3v) is 2.82. The van der Waals surface area contributed by atoms with E-state index < -0.39 is 0 Å². The Labute approximate surface area is 108 Å². The van der Waals surface area contributed by atoms with Crippen LogP contribution in [-0.4, -0.2) is 23.4 Å². The van der Waals surface area contributed by atoms with Crippen molar-refractivity contribution in [3.63, 3.8) is 0 Å². The summed E-state index contributed by atoms with van der Waals surface area (Å²) in [6.07, 6.45) is 7.63. The summed E-state index contributed by atoms with van der Waals surface area (Å²) >= 11 is 1.51. The monoisotopic (exact) mass is 255 g/mol. The van der Waals surface area contributed by atoms with Crippen molar-refractivity contribution < 1.29 is 9.53 Å². The van der Waals surface area contributed by atoms with Gasteiger partial charge in [0.1, 0.15) is 0 Å². The predicted molar refractivity (Wildman–Crippen MR) is 75.4 cm³/mol. The molecule has 0 rings (SSSR count). The summed E-state index contributed by atoms with van der Waals surface area (Å²) in [6.45, 7) is 8.17. The normalized spacial score (nSPS) is 11.8. The van der Waals surface area contributed by atoms with E-state index in [0.717, 1.165) is 17.9 Å². The SMILES string of the molecule is C=C/C(=N\C=C/C)SCCC(=O)OCCCC. The van der Waals surface area contributed by atoms with E-state index in [9.17, 15) is 4.79 Å². The fraction of sp³-hybridized carbons (Fsp3) is 0.538. The lowest BCUT2D eigenvalue weighted by atomic mass is 10.4. The van der Waals surface area contributed by atoms with Crippen molar-refractivity contribution >= 4 is 22.8 Å². The number of carbonyl (C=O) groups excluding carboxylic acids is 1. The number of esters is 1. The zero-order valence-corrected chi connectivity index (χ0v) is 11.5. The largest absolute Gasteiger partial charge is 0.466 e. The predicted octanol–water partition coefficient (Wildman–Crippen LogP) is 3.57. The van der Waals surface area contributed by atoms with Crippen molar-refractivity contribution in [3.05, 3.63) is 24.9 Å². The quantitative estimate of drug-likeness (QED) is 0.288. The van der Waals surface area contributed by atoms with Crippen molar-refractivity contribution in [2.24, 2.45) is 4.99 Å². The number of unbranched alkanes of at least 4 members (excludes halogenated alkanes) is 1. The molecule has 0 amide bonds. The Bertz CT molecular complexity index is 285. The molecule has 0 spiro atoms. The number of carbonyl (C=O) groups is 1. The molecule has 0 atom stereocenters. The molecule has 0 aromatic heterocycles. The average molecular weight is 255 g/mol. The van der Waals surface area contributed by atoms with Crippen LogP contribution in [0, 0.1) is 0 Å². The Morgan fingerprint density at radius 1 is 1.53 bits per heavy atom. The summed E-state index contributed by atoms with van der Waals surface area (Å²) in [4.78, 5) is 15.4. The minimum absolute atomic E-state index is 0.139. The lowest BCUT2D eigenvalue weighted by Gasteiger charge is -2.03. The van der Waals surface area contributed by atoms with Gasteiger partial charge in [-0.25, -0.2) is 0 Å². The fourth-order valence-electron chi connectivity index (χ4n) is 0.938. The number of ether oxygens (including phenoxy) is 1. The summed E-state index contributed by atoms with van der Waals surface area (Å²) < 4.78 is 5.05. The molecule has 0 radical (unpaired) electrons. The summed E-state index contributed by atoms with van der Waals surface area (Å²) in [5.41, 5.74) is 0. The number of allylic oxidation sites excluding steroid dienone is 1. The van der Waals surface area contributed by atoms with Gasteiger partial charge in [0.25, 0.3) is 0 Å². The number of thioether (sulfide) groups is 1. The molecule has 0 aliphatic carbocycles. The molecule has 3 nitrogen and oxygen atoms in total. The summed E-state index contributed by atoms with van der Waals surface area (Å²) in [5.74, 6) is 0.535. The molecule has 0 saturated heterocycles. The highest BCUT2D eigenvalue weighted by atomic mass is 32.2. The smallest absolute Gasteiger partial charge is 0.306 e. The zero-order chi connectivity index (χ0) is 12.9. The van der Waals surface area contributed by atoms with Gasteiger partial charge < -0.3 is 4.74 Å². The Morgan fingerprint density at radius 2 is 2.29 bits per heavy atom. The number of aliphatic imine (C=N–C) groups is 1. The first-order valence-electron chi connectivity index (χ1n) is 5.84. The Hall–Kier alpha value is -1.03. The molecule has 4 heteroatoms. The van der Waals surface area contributed by atoms with Gasteiger partial charge in [-0.1, -0.05) is 26.0 Å². The summed E-state index contributed by atoms with van der Waals surface area (Å²) in [6, 6.07) is 0. The second-order valence-electron chi connectivity index (χ2n) is 3.33. The van der Waals surface area contributed by atoms with Crippen LogP contribution in [0.25, 0.3) is 0 Å². The van der Waals surface area contributed by atoms with Gasteiger partial charge in [0.2, 0.25) is 0 Å². The van der Waals surface area contributed by atoms with E-state index in [0.29, 0.717) is 18.8 Å². The molecule has 0 aromatic rings. The van der Waals surface area contributed by atoms with Gasteiger partial charge in [-0.05, 0) is 19.4 Å². The van der Waals surface area contributed by atoms with Crippen molar-refractivity contribution in [1.82, 2.24) is 0 Å². The van der Waals surface area contributed by atoms with Gasteiger partial charge >= 0.3 is 5.97 Å². The molecule has 0 aliphatic rings. The zero-order valence-electron chi connectivity index (χ0n) is 10.6. The number of rotatable bonds is 8. The molecule has 0 unspecified atom stereocenters. The first-order valence-corrected chi connectivity index (χ1v) is 6.83. The van der Waals surface area contributed by atoms with E-state index in [1.165, 1.54) is 11.8 Å². The molecule has 0 saturated carbocycles. The van der Waals surface area contributed by atoms with Gasteiger partial charge in [-0.3, -0.25) is 9.79 Å². The maximum atomic E-state index is 11.3. The van der Waals surface area contributed by atoms with Gasteiger partial charge in [0, 0.05) is 12.0 Å². The van der Waals surface area contributed by atoms with Crippen molar-refractivity contribution in [3.8, 4) is 0 Å². The molecule has 0 N–H and O–H groups in total. The van der Waals surface area contributed by atoms with Crippen LogP contribution in [0.5, 0.6) is 0 Å². The van der Waals surface area contributed by atoms with Crippen LogP contribution in [0.4, 0.5) is 0 Å². The summed E-state index contributed by atoms with van der Waals surface area (Å²) in [5, 5.41) is 0.824. The highest BCUT2D eigenvalue weighted by molar-refractivity contribution is 8.14. The molecule has 0 aromatic carbocycles. The van der Waals surface area contributed by atoms with E-state index in [-0.39, 0.29) is 5.97 Å². The number of hydrogen-bond acceptors (Lipinski definition) is 4. The van der Waals surface area contributed by atoms with E-state index in [2.05, 4.69) is 18.5 Å². The van der Waals surface area contributed by atoms with Crippen LogP contribution in [0.15, 0.2) is 29.9 Å². The van der Waals surface area contributed by atoms with Crippen LogP contribution in [-0.2, 0) is 9.53 Å². The van der Waals surface area contributed by atoms with Gasteiger partial charge in [-0.15, -0.1) is 11.8 Å². The highest BCUT2D eigenvalue weighted by Crippen LogP contribution is 2.08. The van der Waals surface area contributed by atoms with Crippen molar-refractivity contribution in [1.29, 1.82) is 0 Å². The molecule has 0 heterocycles.